The van der Waals surface area contributed by atoms with Gasteiger partial charge in [0, 0.05) is 25.7 Å². The van der Waals surface area contributed by atoms with Gasteiger partial charge in [0.15, 0.2) is 5.65 Å². The first-order valence-electron chi connectivity index (χ1n) is 9.30. The molecule has 2 unspecified atom stereocenters. The molecule has 28 heavy (non-hydrogen) atoms. The number of carboxylic acid groups (broad SMARTS) is 1. The predicted octanol–water partition coefficient (Wildman–Crippen LogP) is 1.76. The highest BCUT2D eigenvalue weighted by Crippen LogP contribution is 2.24. The van der Waals surface area contributed by atoms with Gasteiger partial charge >= 0.3 is 5.97 Å². The molecule has 0 bridgehead atoms. The van der Waals surface area contributed by atoms with E-state index in [1.54, 1.807) is 23.9 Å². The summed E-state index contributed by atoms with van der Waals surface area (Å²) in [5.41, 5.74) is 1.60. The first-order chi connectivity index (χ1) is 13.2. The maximum absolute atomic E-state index is 13.3. The maximum Gasteiger partial charge on any atom is 0.326 e. The molecule has 9 heteroatoms. The molecule has 0 aliphatic carbocycles. The first-order valence-corrected chi connectivity index (χ1v) is 9.30. The number of hydrogen-bond acceptors (Lipinski definition) is 5. The van der Waals surface area contributed by atoms with Crippen molar-refractivity contribution in [3.05, 3.63) is 23.5 Å². The van der Waals surface area contributed by atoms with Crippen molar-refractivity contribution < 1.29 is 19.5 Å². The maximum atomic E-state index is 13.3. The average molecular weight is 389 g/mol. The van der Waals surface area contributed by atoms with Gasteiger partial charge in [0.2, 0.25) is 5.91 Å². The molecule has 2 atom stereocenters. The predicted molar refractivity (Wildman–Crippen MR) is 104 cm³/mol. The zero-order chi connectivity index (χ0) is 21.0. The Kier molecular flexibility index (Phi) is 6.71. The van der Waals surface area contributed by atoms with Crippen LogP contribution in [0.15, 0.2) is 12.3 Å². The quantitative estimate of drug-likeness (QED) is 0.710. The number of nitrogens with one attached hydrogen (secondary N) is 1. The molecule has 0 fully saturated rings. The standard InChI is InChI=1S/C19H27N5O4/c1-6-12(3)24-17-16(10-21-24)15(9-11(2)22-17)18(26)23(13(4)19(27)28)8-7-20-14(5)25/h9-10,12-13H,6-8H2,1-5H3,(H,20,25)(H,27,28). The lowest BCUT2D eigenvalue weighted by Crippen LogP contribution is -2.46. The minimum Gasteiger partial charge on any atom is -0.480 e. The van der Waals surface area contributed by atoms with Crippen molar-refractivity contribution in [3.8, 4) is 0 Å². The van der Waals surface area contributed by atoms with E-state index < -0.39 is 17.9 Å². The Bertz CT molecular complexity index is 892. The number of amides is 2. The van der Waals surface area contributed by atoms with E-state index >= 15 is 0 Å². The lowest BCUT2D eigenvalue weighted by molar-refractivity contribution is -0.141. The number of fused-ring (bicyclic) bond motifs is 1. The number of aryl methyl sites for hydroxylation is 1. The second-order valence-electron chi connectivity index (χ2n) is 6.89. The van der Waals surface area contributed by atoms with Crippen LogP contribution < -0.4 is 5.32 Å². The summed E-state index contributed by atoms with van der Waals surface area (Å²) < 4.78 is 1.78. The Balaban J connectivity index is 2.48. The number of aliphatic carboxylic acids is 1. The van der Waals surface area contributed by atoms with Gasteiger partial charge in [0.1, 0.15) is 6.04 Å². The van der Waals surface area contributed by atoms with Gasteiger partial charge in [0.25, 0.3) is 5.91 Å². The van der Waals surface area contributed by atoms with Crippen LogP contribution in [-0.4, -0.2) is 61.7 Å². The summed E-state index contributed by atoms with van der Waals surface area (Å²) in [7, 11) is 0. The summed E-state index contributed by atoms with van der Waals surface area (Å²) in [5, 5.41) is 17.0. The molecule has 0 aliphatic heterocycles. The van der Waals surface area contributed by atoms with E-state index in [9.17, 15) is 19.5 Å². The third-order valence-corrected chi connectivity index (χ3v) is 4.75. The topological polar surface area (TPSA) is 117 Å². The van der Waals surface area contributed by atoms with Gasteiger partial charge in [0.05, 0.1) is 23.2 Å². The molecule has 2 aromatic rings. The smallest absolute Gasteiger partial charge is 0.326 e. The average Bonchev–Trinajstić information content (AvgIpc) is 3.06. The van der Waals surface area contributed by atoms with Crippen LogP contribution >= 0.6 is 0 Å². The first kappa shape index (κ1) is 21.3. The lowest BCUT2D eigenvalue weighted by atomic mass is 10.1. The number of carbonyl (C=O) groups is 3. The molecule has 0 saturated heterocycles. The van der Waals surface area contributed by atoms with Gasteiger partial charge in [-0.25, -0.2) is 14.5 Å². The van der Waals surface area contributed by atoms with Gasteiger partial charge in [-0.15, -0.1) is 0 Å². The normalized spacial score (nSPS) is 13.2. The van der Waals surface area contributed by atoms with Crippen LogP contribution in [0.2, 0.25) is 0 Å². The highest BCUT2D eigenvalue weighted by Gasteiger charge is 2.28. The van der Waals surface area contributed by atoms with E-state index in [0.717, 1.165) is 6.42 Å². The number of pyridine rings is 1. The monoisotopic (exact) mass is 389 g/mol. The molecule has 152 valence electrons. The minimum absolute atomic E-state index is 0.0776. The molecule has 2 rings (SSSR count). The molecule has 2 heterocycles. The summed E-state index contributed by atoms with van der Waals surface area (Å²) in [6.45, 7) is 8.90. The summed E-state index contributed by atoms with van der Waals surface area (Å²) in [6.07, 6.45) is 2.45. The van der Waals surface area contributed by atoms with Gasteiger partial charge in [-0.1, -0.05) is 6.92 Å². The fourth-order valence-electron chi connectivity index (χ4n) is 2.93. The number of aromatic nitrogens is 3. The van der Waals surface area contributed by atoms with E-state index in [4.69, 9.17) is 0 Å². The van der Waals surface area contributed by atoms with Crippen LogP contribution in [0.4, 0.5) is 0 Å². The van der Waals surface area contributed by atoms with Crippen molar-refractivity contribution in [2.75, 3.05) is 13.1 Å². The molecule has 2 amide bonds. The molecule has 2 aromatic heterocycles. The molecular formula is C19H27N5O4. The van der Waals surface area contributed by atoms with Crippen LogP contribution in [0.5, 0.6) is 0 Å². The fraction of sp³-hybridized carbons (Fsp3) is 0.526. The summed E-state index contributed by atoms with van der Waals surface area (Å²) in [5.74, 6) is -1.79. The van der Waals surface area contributed by atoms with Crippen LogP contribution in [0.3, 0.4) is 0 Å². The molecule has 0 spiro atoms. The van der Waals surface area contributed by atoms with Crippen LogP contribution in [0.1, 0.15) is 56.2 Å². The van der Waals surface area contributed by atoms with E-state index in [1.807, 2.05) is 13.8 Å². The van der Waals surface area contributed by atoms with Crippen molar-refractivity contribution in [1.29, 1.82) is 0 Å². The van der Waals surface area contributed by atoms with E-state index in [1.165, 1.54) is 18.7 Å². The Hall–Kier alpha value is -2.97. The number of rotatable bonds is 8. The molecular weight excluding hydrogens is 362 g/mol. The van der Waals surface area contributed by atoms with Crippen LogP contribution in [0, 0.1) is 6.92 Å². The Labute approximate surface area is 163 Å². The largest absolute Gasteiger partial charge is 0.480 e. The Morgan fingerprint density at radius 2 is 2.00 bits per heavy atom. The van der Waals surface area contributed by atoms with Crippen molar-refractivity contribution in [3.63, 3.8) is 0 Å². The number of carbonyl (C=O) groups excluding carboxylic acids is 2. The number of hydrogen-bond donors (Lipinski definition) is 2. The summed E-state index contributed by atoms with van der Waals surface area (Å²) >= 11 is 0. The van der Waals surface area contributed by atoms with Crippen molar-refractivity contribution in [2.45, 2.75) is 53.1 Å². The van der Waals surface area contributed by atoms with Crippen LogP contribution in [-0.2, 0) is 9.59 Å². The Morgan fingerprint density at radius 1 is 1.32 bits per heavy atom. The number of nitrogens with zero attached hydrogens (tertiary/aromatic N) is 4. The molecule has 0 aliphatic rings. The second-order valence-corrected chi connectivity index (χ2v) is 6.89. The van der Waals surface area contributed by atoms with Gasteiger partial charge in [-0.2, -0.15) is 5.10 Å². The van der Waals surface area contributed by atoms with Gasteiger partial charge in [-0.3, -0.25) is 9.59 Å². The second kappa shape index (κ2) is 8.81. The minimum atomic E-state index is -1.12. The van der Waals surface area contributed by atoms with E-state index in [2.05, 4.69) is 15.4 Å². The molecule has 0 aromatic carbocycles. The highest BCUT2D eigenvalue weighted by atomic mass is 16.4. The summed E-state index contributed by atoms with van der Waals surface area (Å²) in [6, 6.07) is 0.714. The zero-order valence-electron chi connectivity index (χ0n) is 16.9. The highest BCUT2D eigenvalue weighted by molar-refractivity contribution is 6.06. The van der Waals surface area contributed by atoms with Crippen molar-refractivity contribution in [2.24, 2.45) is 0 Å². The van der Waals surface area contributed by atoms with Crippen molar-refractivity contribution >= 4 is 28.8 Å². The molecule has 0 radical (unpaired) electrons. The Morgan fingerprint density at radius 3 is 2.57 bits per heavy atom. The van der Waals surface area contributed by atoms with Crippen LogP contribution in [0.25, 0.3) is 11.0 Å². The van der Waals surface area contributed by atoms with Gasteiger partial charge < -0.3 is 15.3 Å². The van der Waals surface area contributed by atoms with Gasteiger partial charge in [-0.05, 0) is 33.3 Å². The molecule has 2 N–H and O–H groups in total. The SMILES string of the molecule is CCC(C)n1ncc2c(C(=O)N(CCNC(C)=O)C(C)C(=O)O)cc(C)nc21. The lowest BCUT2D eigenvalue weighted by Gasteiger charge is -2.27. The fourth-order valence-corrected chi connectivity index (χ4v) is 2.93. The molecule has 9 nitrogen and oxygen atoms in total. The van der Waals surface area contributed by atoms with E-state index in [0.29, 0.717) is 22.3 Å². The third-order valence-electron chi connectivity index (χ3n) is 4.75. The van der Waals surface area contributed by atoms with Crippen molar-refractivity contribution in [1.82, 2.24) is 25.0 Å². The number of carboxylic acids is 1. The molecule has 0 saturated carbocycles. The van der Waals surface area contributed by atoms with E-state index in [-0.39, 0.29) is 25.0 Å². The zero-order valence-corrected chi connectivity index (χ0v) is 16.9. The summed E-state index contributed by atoms with van der Waals surface area (Å²) in [4.78, 5) is 41.7. The third kappa shape index (κ3) is 4.47.